The van der Waals surface area contributed by atoms with Crippen LogP contribution < -0.4 is 4.74 Å². The number of ether oxygens (including phenoxy) is 2. The van der Waals surface area contributed by atoms with Crippen LogP contribution >= 0.6 is 0 Å². The van der Waals surface area contributed by atoms with Gasteiger partial charge >= 0.3 is 0 Å². The molecular weight excluding hydrogens is 298 g/mol. The van der Waals surface area contributed by atoms with Crippen LogP contribution in [0.1, 0.15) is 47.1 Å². The fraction of sp³-hybridized carbons (Fsp3) is 0.429. The van der Waals surface area contributed by atoms with Crippen LogP contribution in [0, 0.1) is 0 Å². The number of methoxy groups -OCH3 is 1. The van der Waals surface area contributed by atoms with Crippen LogP contribution in [0.4, 0.5) is 0 Å². The maximum absolute atomic E-state index is 6.31. The summed E-state index contributed by atoms with van der Waals surface area (Å²) in [7, 11) is 3.87. The number of rotatable bonds is 3. The van der Waals surface area contributed by atoms with E-state index in [1.165, 1.54) is 35.1 Å². The molecule has 0 spiro atoms. The first kappa shape index (κ1) is 15.7. The second-order valence-electron chi connectivity index (χ2n) is 6.99. The second kappa shape index (κ2) is 6.58. The van der Waals surface area contributed by atoms with Crippen LogP contribution in [0.25, 0.3) is 0 Å². The second-order valence-corrected chi connectivity index (χ2v) is 6.99. The van der Waals surface area contributed by atoms with Crippen LogP contribution in [0.2, 0.25) is 0 Å². The maximum Gasteiger partial charge on any atom is 0.118 e. The standard InChI is InChI=1S/C21H25NO2/c1-22-11-12-24-21(16-7-9-19(23-2)10-8-16)20-13-17(15-3-4-15)5-6-18(20)14-22/h5-10,13,15,21H,3-4,11-12,14H2,1-2H3/t21-/m1/s1. The first-order chi connectivity index (χ1) is 11.7. The zero-order chi connectivity index (χ0) is 16.5. The van der Waals surface area contributed by atoms with Crippen LogP contribution in [0.15, 0.2) is 42.5 Å². The molecular formula is C21H25NO2. The summed E-state index contributed by atoms with van der Waals surface area (Å²) in [4.78, 5) is 2.33. The molecule has 0 aromatic heterocycles. The van der Waals surface area contributed by atoms with Gasteiger partial charge in [0.2, 0.25) is 0 Å². The Hall–Kier alpha value is -1.84. The number of fused-ring (bicyclic) bond motifs is 1. The van der Waals surface area contributed by atoms with Gasteiger partial charge in [0.15, 0.2) is 0 Å². The summed E-state index contributed by atoms with van der Waals surface area (Å²) in [5.41, 5.74) is 5.38. The van der Waals surface area contributed by atoms with Gasteiger partial charge in [-0.05, 0) is 60.2 Å². The Morgan fingerprint density at radius 3 is 2.50 bits per heavy atom. The van der Waals surface area contributed by atoms with E-state index in [0.717, 1.165) is 31.4 Å². The molecule has 0 N–H and O–H groups in total. The molecule has 3 nitrogen and oxygen atoms in total. The number of benzene rings is 2. The summed E-state index contributed by atoms with van der Waals surface area (Å²) in [5.74, 6) is 1.64. The molecule has 3 heteroatoms. The maximum atomic E-state index is 6.31. The minimum Gasteiger partial charge on any atom is -0.497 e. The van der Waals surface area contributed by atoms with Crippen molar-refractivity contribution in [2.75, 3.05) is 27.3 Å². The molecule has 0 amide bonds. The topological polar surface area (TPSA) is 21.7 Å². The Morgan fingerprint density at radius 1 is 1.04 bits per heavy atom. The van der Waals surface area contributed by atoms with E-state index in [2.05, 4.69) is 42.3 Å². The van der Waals surface area contributed by atoms with Crippen molar-refractivity contribution in [3.05, 3.63) is 64.7 Å². The molecule has 2 aromatic rings. The Morgan fingerprint density at radius 2 is 1.79 bits per heavy atom. The van der Waals surface area contributed by atoms with Crippen LogP contribution in [0.3, 0.4) is 0 Å². The Balaban J connectivity index is 1.75. The zero-order valence-electron chi connectivity index (χ0n) is 14.5. The molecule has 0 radical (unpaired) electrons. The SMILES string of the molecule is COc1ccc([C@H]2OCCN(C)Cc3ccc(C4CC4)cc32)cc1. The van der Waals surface area contributed by atoms with Gasteiger partial charge in [0.05, 0.1) is 13.7 Å². The van der Waals surface area contributed by atoms with Crippen LogP contribution in [-0.2, 0) is 11.3 Å². The highest BCUT2D eigenvalue weighted by Gasteiger charge is 2.27. The lowest BCUT2D eigenvalue weighted by Gasteiger charge is -2.29. The van der Waals surface area contributed by atoms with Crippen molar-refractivity contribution in [2.45, 2.75) is 31.4 Å². The van der Waals surface area contributed by atoms with Gasteiger partial charge in [-0.2, -0.15) is 0 Å². The van der Waals surface area contributed by atoms with Gasteiger partial charge in [-0.3, -0.25) is 4.90 Å². The minimum atomic E-state index is 0.0123. The quantitative estimate of drug-likeness (QED) is 0.848. The lowest BCUT2D eigenvalue weighted by molar-refractivity contribution is 0.0553. The van der Waals surface area contributed by atoms with E-state index in [4.69, 9.17) is 9.47 Å². The number of hydrogen-bond acceptors (Lipinski definition) is 3. The van der Waals surface area contributed by atoms with Crippen molar-refractivity contribution in [3.8, 4) is 5.75 Å². The Bertz CT molecular complexity index is 706. The van der Waals surface area contributed by atoms with Crippen molar-refractivity contribution in [1.82, 2.24) is 4.90 Å². The van der Waals surface area contributed by atoms with E-state index in [9.17, 15) is 0 Å². The minimum absolute atomic E-state index is 0.0123. The van der Waals surface area contributed by atoms with E-state index in [1.807, 2.05) is 12.1 Å². The van der Waals surface area contributed by atoms with E-state index < -0.39 is 0 Å². The number of nitrogens with zero attached hydrogens (tertiary/aromatic N) is 1. The Kier molecular flexibility index (Phi) is 4.30. The van der Waals surface area contributed by atoms with Gasteiger partial charge < -0.3 is 9.47 Å². The number of hydrogen-bond donors (Lipinski definition) is 0. The average molecular weight is 323 g/mol. The van der Waals surface area contributed by atoms with Gasteiger partial charge in [-0.25, -0.2) is 0 Å². The smallest absolute Gasteiger partial charge is 0.118 e. The van der Waals surface area contributed by atoms with Crippen molar-refractivity contribution in [2.24, 2.45) is 0 Å². The summed E-state index contributed by atoms with van der Waals surface area (Å²) in [5, 5.41) is 0. The molecule has 2 aliphatic rings. The first-order valence-electron chi connectivity index (χ1n) is 8.81. The molecule has 0 bridgehead atoms. The molecule has 1 atom stereocenters. The summed E-state index contributed by atoms with van der Waals surface area (Å²) < 4.78 is 11.6. The van der Waals surface area contributed by atoms with Gasteiger partial charge in [0.25, 0.3) is 0 Å². The third kappa shape index (κ3) is 3.19. The third-order valence-electron chi connectivity index (χ3n) is 5.12. The molecule has 126 valence electrons. The molecule has 1 fully saturated rings. The molecule has 0 saturated heterocycles. The van der Waals surface area contributed by atoms with Crippen LogP contribution in [0.5, 0.6) is 5.75 Å². The fourth-order valence-electron chi connectivity index (χ4n) is 3.51. The monoisotopic (exact) mass is 323 g/mol. The van der Waals surface area contributed by atoms with Gasteiger partial charge in [0.1, 0.15) is 11.9 Å². The zero-order valence-corrected chi connectivity index (χ0v) is 14.5. The molecule has 2 aromatic carbocycles. The summed E-state index contributed by atoms with van der Waals surface area (Å²) in [6.07, 6.45) is 2.66. The van der Waals surface area contributed by atoms with Gasteiger partial charge in [0, 0.05) is 13.1 Å². The van der Waals surface area contributed by atoms with E-state index in [0.29, 0.717) is 0 Å². The fourth-order valence-corrected chi connectivity index (χ4v) is 3.51. The Labute approximate surface area is 144 Å². The van der Waals surface area contributed by atoms with Crippen molar-refractivity contribution >= 4 is 0 Å². The molecule has 1 aliphatic heterocycles. The molecule has 4 rings (SSSR count). The van der Waals surface area contributed by atoms with E-state index in [-0.39, 0.29) is 6.10 Å². The predicted molar refractivity (Wildman–Crippen MR) is 95.5 cm³/mol. The van der Waals surface area contributed by atoms with Crippen LogP contribution in [-0.4, -0.2) is 32.2 Å². The normalized spacial score (nSPS) is 21.7. The van der Waals surface area contributed by atoms with Gasteiger partial charge in [-0.15, -0.1) is 0 Å². The van der Waals surface area contributed by atoms with Gasteiger partial charge in [-0.1, -0.05) is 30.3 Å². The third-order valence-corrected chi connectivity index (χ3v) is 5.12. The summed E-state index contributed by atoms with van der Waals surface area (Å²) in [6.45, 7) is 2.69. The molecule has 0 unspecified atom stereocenters. The lowest BCUT2D eigenvalue weighted by atomic mass is 9.92. The van der Waals surface area contributed by atoms with Crippen molar-refractivity contribution < 1.29 is 9.47 Å². The lowest BCUT2D eigenvalue weighted by Crippen LogP contribution is -2.28. The summed E-state index contributed by atoms with van der Waals surface area (Å²) >= 11 is 0. The molecule has 1 heterocycles. The highest BCUT2D eigenvalue weighted by atomic mass is 16.5. The summed E-state index contributed by atoms with van der Waals surface area (Å²) in [6, 6.07) is 15.3. The number of likely N-dealkylation sites (N-methyl/N-ethyl adjacent to an activating group) is 1. The highest BCUT2D eigenvalue weighted by Crippen LogP contribution is 2.42. The molecule has 24 heavy (non-hydrogen) atoms. The first-order valence-corrected chi connectivity index (χ1v) is 8.81. The molecule has 1 aliphatic carbocycles. The average Bonchev–Trinajstić information content (AvgIpc) is 3.43. The van der Waals surface area contributed by atoms with Crippen molar-refractivity contribution in [3.63, 3.8) is 0 Å². The molecule has 1 saturated carbocycles. The van der Waals surface area contributed by atoms with Crippen molar-refractivity contribution in [1.29, 1.82) is 0 Å². The van der Waals surface area contributed by atoms with E-state index in [1.54, 1.807) is 7.11 Å². The predicted octanol–water partition coefficient (Wildman–Crippen LogP) is 4.12. The highest BCUT2D eigenvalue weighted by molar-refractivity contribution is 5.42. The largest absolute Gasteiger partial charge is 0.497 e. The van der Waals surface area contributed by atoms with E-state index >= 15 is 0 Å².